The molecule has 0 aliphatic heterocycles. The fraction of sp³-hybridized carbons (Fsp3) is 0.143. The van der Waals surface area contributed by atoms with Crippen LogP contribution in [0.25, 0.3) is 21.3 Å². The molecule has 0 radical (unpaired) electrons. The van der Waals surface area contributed by atoms with Crippen LogP contribution in [0.3, 0.4) is 0 Å². The van der Waals surface area contributed by atoms with Gasteiger partial charge in [-0.3, -0.25) is 10.1 Å². The predicted molar refractivity (Wildman–Crippen MR) is 117 cm³/mol. The van der Waals surface area contributed by atoms with Gasteiger partial charge in [-0.15, -0.1) is 11.3 Å². The molecule has 0 saturated heterocycles. The minimum Gasteiger partial charge on any atom is -0.495 e. The zero-order valence-electron chi connectivity index (χ0n) is 16.3. The normalized spacial score (nSPS) is 10.7. The number of nitrogens with zero attached hydrogens (tertiary/aromatic N) is 3. The van der Waals surface area contributed by atoms with Crippen LogP contribution >= 0.6 is 11.3 Å². The van der Waals surface area contributed by atoms with E-state index in [1.165, 1.54) is 36.9 Å². The van der Waals surface area contributed by atoms with Gasteiger partial charge in [-0.05, 0) is 30.7 Å². The minimum absolute atomic E-state index is 0.0411. The second-order valence-electron chi connectivity index (χ2n) is 6.28. The largest absolute Gasteiger partial charge is 0.495 e. The van der Waals surface area contributed by atoms with Crippen molar-refractivity contribution >= 4 is 38.7 Å². The van der Waals surface area contributed by atoms with E-state index in [1.807, 2.05) is 36.6 Å². The maximum absolute atomic E-state index is 11.2. The van der Waals surface area contributed by atoms with Gasteiger partial charge in [0.2, 0.25) is 0 Å². The molecule has 0 amide bonds. The molecule has 0 bridgehead atoms. The van der Waals surface area contributed by atoms with E-state index >= 15 is 0 Å². The average Bonchev–Trinajstić information content (AvgIpc) is 3.20. The van der Waals surface area contributed by atoms with Crippen molar-refractivity contribution in [2.75, 3.05) is 19.0 Å². The van der Waals surface area contributed by atoms with E-state index in [9.17, 15) is 10.1 Å². The molecular formula is C21H18N4O4S. The molecule has 0 atom stereocenters. The Morgan fingerprint density at radius 2 is 1.97 bits per heavy atom. The lowest BCUT2D eigenvalue weighted by Crippen LogP contribution is -1.99. The van der Waals surface area contributed by atoms with E-state index in [0.717, 1.165) is 27.1 Å². The van der Waals surface area contributed by atoms with Crippen LogP contribution in [0.4, 0.5) is 17.2 Å². The monoisotopic (exact) mass is 422 g/mol. The number of rotatable bonds is 7. The molecule has 4 aromatic rings. The summed E-state index contributed by atoms with van der Waals surface area (Å²) in [6.07, 6.45) is 1.47. The van der Waals surface area contributed by atoms with Gasteiger partial charge in [0.1, 0.15) is 28.5 Å². The summed E-state index contributed by atoms with van der Waals surface area (Å²) in [6.45, 7) is 2.55. The Labute approximate surface area is 176 Å². The van der Waals surface area contributed by atoms with E-state index in [2.05, 4.69) is 15.3 Å². The highest BCUT2D eigenvalue weighted by molar-refractivity contribution is 7.17. The highest BCUT2D eigenvalue weighted by Gasteiger charge is 2.17. The number of fused-ring (bicyclic) bond motifs is 1. The van der Waals surface area contributed by atoms with Gasteiger partial charge in [0.05, 0.1) is 29.7 Å². The molecule has 0 saturated carbocycles. The summed E-state index contributed by atoms with van der Waals surface area (Å²) in [5, 5.41) is 17.2. The first-order valence-corrected chi connectivity index (χ1v) is 10.0. The molecule has 0 spiro atoms. The highest BCUT2D eigenvalue weighted by Crippen LogP contribution is 2.39. The molecule has 1 N–H and O–H groups in total. The number of hydrogen-bond acceptors (Lipinski definition) is 8. The standard InChI is InChI=1S/C21H18N4O4S/c1-3-29-15-7-4-13(5-8-15)16-11-30-21-19(16)20(22-12-23-21)24-17-10-14(25(26)27)6-9-18(17)28-2/h4-12H,3H2,1-2H3,(H,22,23,24). The Kier molecular flexibility index (Phi) is 5.44. The number of nitro groups is 1. The molecule has 0 unspecified atom stereocenters. The van der Waals surface area contributed by atoms with Crippen molar-refractivity contribution in [2.45, 2.75) is 6.92 Å². The van der Waals surface area contributed by atoms with Crippen LogP contribution in [-0.4, -0.2) is 28.6 Å². The molecule has 2 heterocycles. The number of anilines is 2. The summed E-state index contributed by atoms with van der Waals surface area (Å²) in [5.74, 6) is 1.82. The second kappa shape index (κ2) is 8.34. The lowest BCUT2D eigenvalue weighted by Gasteiger charge is -2.12. The number of nitro benzene ring substituents is 1. The first-order valence-electron chi connectivity index (χ1n) is 9.15. The molecule has 4 rings (SSSR count). The molecule has 0 fully saturated rings. The van der Waals surface area contributed by atoms with Gasteiger partial charge in [-0.25, -0.2) is 9.97 Å². The van der Waals surface area contributed by atoms with Crippen molar-refractivity contribution in [1.82, 2.24) is 9.97 Å². The number of methoxy groups -OCH3 is 1. The summed E-state index contributed by atoms with van der Waals surface area (Å²) in [7, 11) is 1.51. The first kappa shape index (κ1) is 19.6. The molecule has 8 nitrogen and oxygen atoms in total. The van der Waals surface area contributed by atoms with Crippen molar-refractivity contribution in [3.63, 3.8) is 0 Å². The number of benzene rings is 2. The van der Waals surface area contributed by atoms with Gasteiger partial charge in [0.25, 0.3) is 5.69 Å². The van der Waals surface area contributed by atoms with E-state index in [-0.39, 0.29) is 5.69 Å². The summed E-state index contributed by atoms with van der Waals surface area (Å²) >= 11 is 1.50. The number of ether oxygens (including phenoxy) is 2. The summed E-state index contributed by atoms with van der Waals surface area (Å²) < 4.78 is 10.9. The van der Waals surface area contributed by atoms with Gasteiger partial charge in [0.15, 0.2) is 0 Å². The molecule has 9 heteroatoms. The van der Waals surface area contributed by atoms with Crippen LogP contribution < -0.4 is 14.8 Å². The van der Waals surface area contributed by atoms with E-state index in [4.69, 9.17) is 9.47 Å². The molecule has 30 heavy (non-hydrogen) atoms. The van der Waals surface area contributed by atoms with Gasteiger partial charge in [0, 0.05) is 23.1 Å². The Bertz CT molecular complexity index is 1210. The molecule has 152 valence electrons. The van der Waals surface area contributed by atoms with Crippen molar-refractivity contribution in [2.24, 2.45) is 0 Å². The van der Waals surface area contributed by atoms with Crippen LogP contribution in [-0.2, 0) is 0 Å². The number of thiophene rings is 1. The van der Waals surface area contributed by atoms with Gasteiger partial charge >= 0.3 is 0 Å². The first-order chi connectivity index (χ1) is 14.6. The van der Waals surface area contributed by atoms with E-state index < -0.39 is 4.92 Å². The third-order valence-corrected chi connectivity index (χ3v) is 5.38. The third kappa shape index (κ3) is 3.74. The molecule has 0 aliphatic carbocycles. The fourth-order valence-corrected chi connectivity index (χ4v) is 4.03. The lowest BCUT2D eigenvalue weighted by atomic mass is 10.1. The quantitative estimate of drug-likeness (QED) is 0.314. The molecule has 2 aromatic carbocycles. The van der Waals surface area contributed by atoms with Crippen LogP contribution in [0, 0.1) is 10.1 Å². The Balaban J connectivity index is 1.79. The zero-order chi connectivity index (χ0) is 21.1. The average molecular weight is 422 g/mol. The maximum atomic E-state index is 11.2. The van der Waals surface area contributed by atoms with Crippen molar-refractivity contribution < 1.29 is 14.4 Å². The van der Waals surface area contributed by atoms with Gasteiger partial charge < -0.3 is 14.8 Å². The minimum atomic E-state index is -0.448. The highest BCUT2D eigenvalue weighted by atomic mass is 32.1. The van der Waals surface area contributed by atoms with Crippen molar-refractivity contribution in [3.8, 4) is 22.6 Å². The predicted octanol–water partition coefficient (Wildman–Crippen LogP) is 5.42. The smallest absolute Gasteiger partial charge is 0.271 e. The molecule has 2 aromatic heterocycles. The lowest BCUT2D eigenvalue weighted by molar-refractivity contribution is -0.384. The third-order valence-electron chi connectivity index (χ3n) is 4.49. The van der Waals surface area contributed by atoms with Gasteiger partial charge in [-0.1, -0.05) is 12.1 Å². The zero-order valence-corrected chi connectivity index (χ0v) is 17.1. The van der Waals surface area contributed by atoms with E-state index in [1.54, 1.807) is 6.07 Å². The van der Waals surface area contributed by atoms with Crippen LogP contribution in [0.1, 0.15) is 6.92 Å². The van der Waals surface area contributed by atoms with E-state index in [0.29, 0.717) is 23.9 Å². The topological polar surface area (TPSA) is 99.4 Å². The number of nitrogens with one attached hydrogen (secondary N) is 1. The molecular weight excluding hydrogens is 404 g/mol. The van der Waals surface area contributed by atoms with Crippen LogP contribution in [0.15, 0.2) is 54.2 Å². The Morgan fingerprint density at radius 1 is 1.17 bits per heavy atom. The van der Waals surface area contributed by atoms with Crippen molar-refractivity contribution in [3.05, 3.63) is 64.3 Å². The van der Waals surface area contributed by atoms with Crippen LogP contribution in [0.5, 0.6) is 11.5 Å². The van der Waals surface area contributed by atoms with Gasteiger partial charge in [-0.2, -0.15) is 0 Å². The second-order valence-corrected chi connectivity index (χ2v) is 7.13. The Morgan fingerprint density at radius 3 is 2.67 bits per heavy atom. The Hall–Kier alpha value is -3.72. The maximum Gasteiger partial charge on any atom is 0.271 e. The molecule has 0 aliphatic rings. The van der Waals surface area contributed by atoms with Crippen LogP contribution in [0.2, 0.25) is 0 Å². The fourth-order valence-electron chi connectivity index (χ4n) is 3.11. The van der Waals surface area contributed by atoms with Crippen molar-refractivity contribution in [1.29, 1.82) is 0 Å². The summed E-state index contributed by atoms with van der Waals surface area (Å²) in [5.41, 5.74) is 2.37. The number of aromatic nitrogens is 2. The number of hydrogen-bond donors (Lipinski definition) is 1. The SMILES string of the molecule is CCOc1ccc(-c2csc3ncnc(Nc4cc([N+](=O)[O-])ccc4OC)c23)cc1. The summed E-state index contributed by atoms with van der Waals surface area (Å²) in [6, 6.07) is 12.2. The number of non-ortho nitro benzene ring substituents is 1. The summed E-state index contributed by atoms with van der Waals surface area (Å²) in [4.78, 5) is 20.3.